The Labute approximate surface area is 168 Å². The number of likely N-dealkylation sites (tertiary alicyclic amines) is 1. The molecule has 0 bridgehead atoms. The molecule has 1 aliphatic rings. The molecule has 8 heteroatoms. The van der Waals surface area contributed by atoms with Crippen molar-refractivity contribution in [1.29, 1.82) is 0 Å². The Hall–Kier alpha value is -3.55. The van der Waals surface area contributed by atoms with Crippen molar-refractivity contribution in [2.45, 2.75) is 32.2 Å². The molecule has 0 saturated carbocycles. The molecule has 3 aromatic rings. The number of benzene rings is 1. The average molecular weight is 390 g/mol. The van der Waals surface area contributed by atoms with E-state index in [1.165, 1.54) is 0 Å². The Morgan fingerprint density at radius 1 is 1.17 bits per heavy atom. The van der Waals surface area contributed by atoms with E-state index in [-0.39, 0.29) is 17.9 Å². The lowest BCUT2D eigenvalue weighted by atomic mass is 10.0. The maximum atomic E-state index is 12.8. The number of aromatic nitrogens is 4. The van der Waals surface area contributed by atoms with Gasteiger partial charge in [-0.3, -0.25) is 14.7 Å². The highest BCUT2D eigenvalue weighted by atomic mass is 16.2. The highest BCUT2D eigenvalue weighted by Gasteiger charge is 2.31. The zero-order valence-corrected chi connectivity index (χ0v) is 16.1. The minimum atomic E-state index is -0.255. The largest absolute Gasteiger partial charge is 0.327 e. The molecule has 2 N–H and O–H groups in total. The van der Waals surface area contributed by atoms with Crippen LogP contribution in [0.4, 0.5) is 5.69 Å². The average Bonchev–Trinajstić information content (AvgIpc) is 3.29. The number of para-hydroxylation sites is 1. The standard InChI is InChI=1S/C21H22N6O2/c1-14-16(20(28)25-15-7-3-2-4-8-15)13-22-19(24-14)18-9-5-6-12-27(18)21(29)17-10-11-23-26-17/h2-4,7-8,10-11,13,18H,5-6,9,12H2,1H3,(H,23,26)(H,25,28). The van der Waals surface area contributed by atoms with Gasteiger partial charge in [0.15, 0.2) is 5.82 Å². The van der Waals surface area contributed by atoms with E-state index in [9.17, 15) is 9.59 Å². The number of hydrogen-bond acceptors (Lipinski definition) is 5. The van der Waals surface area contributed by atoms with Crippen LogP contribution in [0.5, 0.6) is 0 Å². The number of piperidine rings is 1. The zero-order chi connectivity index (χ0) is 20.2. The first-order valence-corrected chi connectivity index (χ1v) is 9.64. The van der Waals surface area contributed by atoms with Crippen LogP contribution in [0.2, 0.25) is 0 Å². The number of rotatable bonds is 4. The summed E-state index contributed by atoms with van der Waals surface area (Å²) in [6, 6.07) is 10.7. The molecule has 29 heavy (non-hydrogen) atoms. The minimum absolute atomic E-state index is 0.112. The molecule has 1 fully saturated rings. The van der Waals surface area contributed by atoms with E-state index in [1.54, 1.807) is 30.3 Å². The minimum Gasteiger partial charge on any atom is -0.327 e. The fourth-order valence-corrected chi connectivity index (χ4v) is 3.56. The van der Waals surface area contributed by atoms with E-state index in [0.717, 1.165) is 19.3 Å². The summed E-state index contributed by atoms with van der Waals surface area (Å²) in [7, 11) is 0. The number of aryl methyl sites for hydroxylation is 1. The van der Waals surface area contributed by atoms with E-state index >= 15 is 0 Å². The molecule has 2 aromatic heterocycles. The van der Waals surface area contributed by atoms with Crippen LogP contribution in [-0.4, -0.2) is 43.4 Å². The summed E-state index contributed by atoms with van der Waals surface area (Å²) >= 11 is 0. The van der Waals surface area contributed by atoms with Crippen LogP contribution in [0.3, 0.4) is 0 Å². The fourth-order valence-electron chi connectivity index (χ4n) is 3.56. The molecule has 2 amide bonds. The molecule has 1 atom stereocenters. The van der Waals surface area contributed by atoms with Gasteiger partial charge in [-0.15, -0.1) is 0 Å². The number of nitrogens with zero attached hydrogens (tertiary/aromatic N) is 4. The lowest BCUT2D eigenvalue weighted by molar-refractivity contribution is 0.0593. The van der Waals surface area contributed by atoms with Gasteiger partial charge in [0.25, 0.3) is 11.8 Å². The molecule has 1 aromatic carbocycles. The lowest BCUT2D eigenvalue weighted by Gasteiger charge is -2.34. The highest BCUT2D eigenvalue weighted by Crippen LogP contribution is 2.30. The van der Waals surface area contributed by atoms with Crippen LogP contribution in [0.25, 0.3) is 0 Å². The van der Waals surface area contributed by atoms with Crippen LogP contribution >= 0.6 is 0 Å². The Balaban J connectivity index is 1.55. The normalized spacial score (nSPS) is 16.4. The van der Waals surface area contributed by atoms with Crippen molar-refractivity contribution >= 4 is 17.5 Å². The van der Waals surface area contributed by atoms with Gasteiger partial charge in [-0.25, -0.2) is 9.97 Å². The third-order valence-corrected chi connectivity index (χ3v) is 5.07. The molecule has 8 nitrogen and oxygen atoms in total. The third kappa shape index (κ3) is 4.01. The van der Waals surface area contributed by atoms with Crippen LogP contribution in [-0.2, 0) is 0 Å². The molecular weight excluding hydrogens is 368 g/mol. The number of hydrogen-bond donors (Lipinski definition) is 2. The van der Waals surface area contributed by atoms with Crippen molar-refractivity contribution in [3.8, 4) is 0 Å². The maximum absolute atomic E-state index is 12.8. The first-order valence-electron chi connectivity index (χ1n) is 9.64. The first-order chi connectivity index (χ1) is 14.1. The molecule has 4 rings (SSSR count). The quantitative estimate of drug-likeness (QED) is 0.712. The predicted molar refractivity (Wildman–Crippen MR) is 107 cm³/mol. The van der Waals surface area contributed by atoms with E-state index in [0.29, 0.717) is 35.0 Å². The molecule has 1 saturated heterocycles. The smallest absolute Gasteiger partial charge is 0.272 e. The van der Waals surface area contributed by atoms with E-state index in [2.05, 4.69) is 25.5 Å². The van der Waals surface area contributed by atoms with Crippen LogP contribution in [0, 0.1) is 6.92 Å². The number of carbonyl (C=O) groups excluding carboxylic acids is 2. The van der Waals surface area contributed by atoms with Crippen molar-refractivity contribution < 1.29 is 9.59 Å². The van der Waals surface area contributed by atoms with Gasteiger partial charge < -0.3 is 10.2 Å². The summed E-state index contributed by atoms with van der Waals surface area (Å²) in [6.45, 7) is 2.43. The maximum Gasteiger partial charge on any atom is 0.272 e. The summed E-state index contributed by atoms with van der Waals surface area (Å²) in [4.78, 5) is 36.2. The van der Waals surface area contributed by atoms with Crippen molar-refractivity contribution in [3.63, 3.8) is 0 Å². The Bertz CT molecular complexity index is 1000. The van der Waals surface area contributed by atoms with Gasteiger partial charge in [0.05, 0.1) is 17.3 Å². The van der Waals surface area contributed by atoms with Gasteiger partial charge in [0, 0.05) is 24.6 Å². The lowest BCUT2D eigenvalue weighted by Crippen LogP contribution is -2.39. The van der Waals surface area contributed by atoms with E-state index in [4.69, 9.17) is 0 Å². The molecular formula is C21H22N6O2. The fraction of sp³-hybridized carbons (Fsp3) is 0.286. The summed E-state index contributed by atoms with van der Waals surface area (Å²) < 4.78 is 0. The highest BCUT2D eigenvalue weighted by molar-refractivity contribution is 6.04. The first kappa shape index (κ1) is 18.8. The van der Waals surface area contributed by atoms with Gasteiger partial charge in [-0.2, -0.15) is 5.10 Å². The molecule has 0 radical (unpaired) electrons. The number of nitrogens with one attached hydrogen (secondary N) is 2. The Morgan fingerprint density at radius 3 is 2.72 bits per heavy atom. The number of carbonyl (C=O) groups is 2. The van der Waals surface area contributed by atoms with Crippen LogP contribution in [0.15, 0.2) is 48.8 Å². The van der Waals surface area contributed by atoms with Crippen LogP contribution in [0.1, 0.15) is 57.7 Å². The second-order valence-corrected chi connectivity index (χ2v) is 7.03. The van der Waals surface area contributed by atoms with Gasteiger partial charge in [-0.1, -0.05) is 18.2 Å². The number of aromatic amines is 1. The summed E-state index contributed by atoms with van der Waals surface area (Å²) in [6.07, 6.45) is 5.83. The van der Waals surface area contributed by atoms with Gasteiger partial charge in [-0.05, 0) is 44.4 Å². The molecule has 0 aliphatic carbocycles. The van der Waals surface area contributed by atoms with Crippen LogP contribution < -0.4 is 5.32 Å². The molecule has 1 aliphatic heterocycles. The monoisotopic (exact) mass is 390 g/mol. The van der Waals surface area contributed by atoms with Gasteiger partial charge in [0.2, 0.25) is 0 Å². The van der Waals surface area contributed by atoms with Crippen molar-refractivity contribution in [2.75, 3.05) is 11.9 Å². The van der Waals surface area contributed by atoms with Gasteiger partial charge in [0.1, 0.15) is 5.69 Å². The Kier molecular flexibility index (Phi) is 5.33. The van der Waals surface area contributed by atoms with Crippen molar-refractivity contribution in [2.24, 2.45) is 0 Å². The molecule has 148 valence electrons. The molecule has 3 heterocycles. The number of anilines is 1. The third-order valence-electron chi connectivity index (χ3n) is 5.07. The Morgan fingerprint density at radius 2 is 2.00 bits per heavy atom. The molecule has 1 unspecified atom stereocenters. The second kappa shape index (κ2) is 8.22. The second-order valence-electron chi connectivity index (χ2n) is 7.03. The number of H-pyrrole nitrogens is 1. The topological polar surface area (TPSA) is 104 Å². The summed E-state index contributed by atoms with van der Waals surface area (Å²) in [5, 5.41) is 9.45. The number of amides is 2. The summed E-state index contributed by atoms with van der Waals surface area (Å²) in [5.41, 5.74) is 2.17. The van der Waals surface area contributed by atoms with E-state index < -0.39 is 0 Å². The van der Waals surface area contributed by atoms with Crippen molar-refractivity contribution in [3.05, 3.63) is 71.6 Å². The van der Waals surface area contributed by atoms with Crippen molar-refractivity contribution in [1.82, 2.24) is 25.1 Å². The molecule has 0 spiro atoms. The zero-order valence-electron chi connectivity index (χ0n) is 16.1. The van der Waals surface area contributed by atoms with Gasteiger partial charge >= 0.3 is 0 Å². The SMILES string of the molecule is Cc1nc(C2CCCCN2C(=O)c2ccn[nH]2)ncc1C(=O)Nc1ccccc1. The predicted octanol–water partition coefficient (Wildman–Crippen LogP) is 3.13. The summed E-state index contributed by atoms with van der Waals surface area (Å²) in [5.74, 6) is 0.194. The van der Waals surface area contributed by atoms with E-state index in [1.807, 2.05) is 30.3 Å².